The van der Waals surface area contributed by atoms with E-state index in [4.69, 9.17) is 11.6 Å². The van der Waals surface area contributed by atoms with Gasteiger partial charge >= 0.3 is 5.97 Å². The number of rotatable bonds is 5. The van der Waals surface area contributed by atoms with Crippen LogP contribution in [0.15, 0.2) is 24.3 Å². The van der Waals surface area contributed by atoms with E-state index in [2.05, 4.69) is 10.1 Å². The molecule has 0 aliphatic rings. The summed E-state index contributed by atoms with van der Waals surface area (Å²) in [6.07, 6.45) is 0.416. The summed E-state index contributed by atoms with van der Waals surface area (Å²) in [5.74, 6) is -1.58. The Bertz CT molecular complexity index is 417. The van der Waals surface area contributed by atoms with Gasteiger partial charge in [-0.05, 0) is 24.1 Å². The summed E-state index contributed by atoms with van der Waals surface area (Å²) in [6, 6.07) is 7.14. The second-order valence-corrected chi connectivity index (χ2v) is 4.26. The van der Waals surface area contributed by atoms with Crippen molar-refractivity contribution in [1.82, 2.24) is 5.32 Å². The van der Waals surface area contributed by atoms with E-state index in [0.717, 1.165) is 5.56 Å². The van der Waals surface area contributed by atoms with Crippen molar-refractivity contribution < 1.29 is 14.3 Å². The molecule has 0 aliphatic carbocycles. The topological polar surface area (TPSA) is 55.4 Å². The van der Waals surface area contributed by atoms with E-state index in [1.54, 1.807) is 19.1 Å². The zero-order valence-electron chi connectivity index (χ0n) is 10.4. The van der Waals surface area contributed by atoms with E-state index >= 15 is 0 Å². The van der Waals surface area contributed by atoms with Crippen molar-refractivity contribution >= 4 is 23.5 Å². The summed E-state index contributed by atoms with van der Waals surface area (Å²) < 4.78 is 4.57. The SMILES string of the molecule is CCC(C(=O)NCc1ccc(Cl)cc1)C(=O)OC. The fourth-order valence-corrected chi connectivity index (χ4v) is 1.64. The van der Waals surface area contributed by atoms with Crippen LogP contribution in [-0.2, 0) is 20.9 Å². The number of benzene rings is 1. The molecule has 0 heterocycles. The molecule has 0 fully saturated rings. The number of methoxy groups -OCH3 is 1. The second-order valence-electron chi connectivity index (χ2n) is 3.83. The van der Waals surface area contributed by atoms with Gasteiger partial charge in [0.2, 0.25) is 5.91 Å². The Kier molecular flexibility index (Phi) is 5.65. The third kappa shape index (κ3) is 4.04. The van der Waals surface area contributed by atoms with Gasteiger partial charge in [0.15, 0.2) is 0 Å². The quantitative estimate of drug-likeness (QED) is 0.658. The molecule has 1 unspecified atom stereocenters. The smallest absolute Gasteiger partial charge is 0.318 e. The lowest BCUT2D eigenvalue weighted by molar-refractivity contribution is -0.150. The van der Waals surface area contributed by atoms with Crippen LogP contribution in [0.25, 0.3) is 0 Å². The molecule has 0 aliphatic heterocycles. The molecule has 0 bridgehead atoms. The van der Waals surface area contributed by atoms with Crippen LogP contribution in [0.1, 0.15) is 18.9 Å². The van der Waals surface area contributed by atoms with Crippen molar-refractivity contribution in [3.05, 3.63) is 34.9 Å². The van der Waals surface area contributed by atoms with Crippen LogP contribution < -0.4 is 5.32 Å². The predicted octanol–water partition coefficient (Wildman–Crippen LogP) is 2.16. The molecule has 0 saturated heterocycles. The normalized spacial score (nSPS) is 11.7. The Balaban J connectivity index is 2.54. The number of esters is 1. The van der Waals surface area contributed by atoms with Crippen LogP contribution in [0.3, 0.4) is 0 Å². The van der Waals surface area contributed by atoms with Crippen molar-refractivity contribution in [2.45, 2.75) is 19.9 Å². The van der Waals surface area contributed by atoms with Crippen LogP contribution in [0.2, 0.25) is 5.02 Å². The monoisotopic (exact) mass is 269 g/mol. The number of hydrogen-bond donors (Lipinski definition) is 1. The van der Waals surface area contributed by atoms with Crippen molar-refractivity contribution in [3.8, 4) is 0 Å². The molecular formula is C13H16ClNO3. The Labute approximate surface area is 111 Å². The molecule has 0 aromatic heterocycles. The fraction of sp³-hybridized carbons (Fsp3) is 0.385. The van der Waals surface area contributed by atoms with Gasteiger partial charge in [-0.25, -0.2) is 0 Å². The van der Waals surface area contributed by atoms with Crippen LogP contribution >= 0.6 is 11.6 Å². The van der Waals surface area contributed by atoms with Crippen molar-refractivity contribution in [2.75, 3.05) is 7.11 Å². The molecule has 18 heavy (non-hydrogen) atoms. The molecular weight excluding hydrogens is 254 g/mol. The van der Waals surface area contributed by atoms with Crippen molar-refractivity contribution in [2.24, 2.45) is 5.92 Å². The minimum Gasteiger partial charge on any atom is -0.468 e. The highest BCUT2D eigenvalue weighted by Gasteiger charge is 2.24. The van der Waals surface area contributed by atoms with Gasteiger partial charge < -0.3 is 10.1 Å². The van der Waals surface area contributed by atoms with E-state index in [-0.39, 0.29) is 5.91 Å². The largest absolute Gasteiger partial charge is 0.468 e. The average molecular weight is 270 g/mol. The highest BCUT2D eigenvalue weighted by atomic mass is 35.5. The zero-order chi connectivity index (χ0) is 13.5. The molecule has 98 valence electrons. The fourth-order valence-electron chi connectivity index (χ4n) is 1.52. The molecule has 0 radical (unpaired) electrons. The van der Waals surface area contributed by atoms with Gasteiger partial charge in [0.1, 0.15) is 5.92 Å². The average Bonchev–Trinajstić information content (AvgIpc) is 2.38. The lowest BCUT2D eigenvalue weighted by atomic mass is 10.1. The third-order valence-corrected chi connectivity index (χ3v) is 2.84. The predicted molar refractivity (Wildman–Crippen MR) is 69.1 cm³/mol. The molecule has 0 saturated carbocycles. The van der Waals surface area contributed by atoms with E-state index < -0.39 is 11.9 Å². The highest BCUT2D eigenvalue weighted by molar-refractivity contribution is 6.30. The first-order valence-corrected chi connectivity index (χ1v) is 6.06. The van der Waals surface area contributed by atoms with Gasteiger partial charge in [0.25, 0.3) is 0 Å². The summed E-state index contributed by atoms with van der Waals surface area (Å²) in [5, 5.41) is 3.35. The Hall–Kier alpha value is -1.55. The lowest BCUT2D eigenvalue weighted by Gasteiger charge is -2.12. The molecule has 1 aromatic rings. The first-order valence-electron chi connectivity index (χ1n) is 5.68. The maximum Gasteiger partial charge on any atom is 0.318 e. The van der Waals surface area contributed by atoms with Gasteiger partial charge in [0, 0.05) is 11.6 Å². The van der Waals surface area contributed by atoms with Crippen LogP contribution in [0.4, 0.5) is 0 Å². The first-order chi connectivity index (χ1) is 8.58. The lowest BCUT2D eigenvalue weighted by Crippen LogP contribution is -2.35. The Morgan fingerprint density at radius 2 is 1.94 bits per heavy atom. The molecule has 0 spiro atoms. The third-order valence-electron chi connectivity index (χ3n) is 2.59. The second kappa shape index (κ2) is 7.01. The van der Waals surface area contributed by atoms with Gasteiger partial charge in [-0.15, -0.1) is 0 Å². The first kappa shape index (κ1) is 14.5. The van der Waals surface area contributed by atoms with Gasteiger partial charge in [0.05, 0.1) is 7.11 Å². The van der Waals surface area contributed by atoms with Crippen LogP contribution in [0, 0.1) is 5.92 Å². The number of amides is 1. The maximum atomic E-state index is 11.8. The number of ether oxygens (including phenoxy) is 1. The minimum atomic E-state index is -0.748. The minimum absolute atomic E-state index is 0.320. The van der Waals surface area contributed by atoms with E-state index in [0.29, 0.717) is 18.0 Å². The van der Waals surface area contributed by atoms with Gasteiger partial charge in [-0.3, -0.25) is 9.59 Å². The molecule has 5 heteroatoms. The Morgan fingerprint density at radius 1 is 1.33 bits per heavy atom. The van der Waals surface area contributed by atoms with Crippen LogP contribution in [0.5, 0.6) is 0 Å². The number of carbonyl (C=O) groups excluding carboxylic acids is 2. The summed E-state index contributed by atoms with van der Waals surface area (Å²) in [4.78, 5) is 23.1. The number of carbonyl (C=O) groups is 2. The van der Waals surface area contributed by atoms with E-state index in [1.807, 2.05) is 12.1 Å². The number of hydrogen-bond acceptors (Lipinski definition) is 3. The zero-order valence-corrected chi connectivity index (χ0v) is 11.2. The van der Waals surface area contributed by atoms with Crippen LogP contribution in [-0.4, -0.2) is 19.0 Å². The Morgan fingerprint density at radius 3 is 2.44 bits per heavy atom. The number of nitrogens with one attached hydrogen (secondary N) is 1. The molecule has 1 atom stereocenters. The molecule has 1 N–H and O–H groups in total. The summed E-state index contributed by atoms with van der Waals surface area (Å²) in [5.41, 5.74) is 0.924. The summed E-state index contributed by atoms with van der Waals surface area (Å²) >= 11 is 5.76. The number of halogens is 1. The summed E-state index contributed by atoms with van der Waals surface area (Å²) in [7, 11) is 1.28. The van der Waals surface area contributed by atoms with Crippen molar-refractivity contribution in [1.29, 1.82) is 0 Å². The van der Waals surface area contributed by atoms with Crippen molar-refractivity contribution in [3.63, 3.8) is 0 Å². The molecule has 1 rings (SSSR count). The highest BCUT2D eigenvalue weighted by Crippen LogP contribution is 2.10. The maximum absolute atomic E-state index is 11.8. The van der Waals surface area contributed by atoms with E-state index in [9.17, 15) is 9.59 Å². The van der Waals surface area contributed by atoms with Gasteiger partial charge in [-0.1, -0.05) is 30.7 Å². The molecule has 4 nitrogen and oxygen atoms in total. The summed E-state index contributed by atoms with van der Waals surface area (Å²) in [6.45, 7) is 2.13. The molecule has 1 amide bonds. The van der Waals surface area contributed by atoms with Gasteiger partial charge in [-0.2, -0.15) is 0 Å². The molecule has 1 aromatic carbocycles. The standard InChI is InChI=1S/C13H16ClNO3/c1-3-11(13(17)18-2)12(16)15-8-9-4-6-10(14)7-5-9/h4-7,11H,3,8H2,1-2H3,(H,15,16). The van der Waals surface area contributed by atoms with E-state index in [1.165, 1.54) is 7.11 Å².